The lowest BCUT2D eigenvalue weighted by Gasteiger charge is -2.13. The van der Waals surface area contributed by atoms with E-state index in [1.54, 1.807) is 12.1 Å². The maximum absolute atomic E-state index is 11.7. The molecule has 0 aliphatic rings. The van der Waals surface area contributed by atoms with Gasteiger partial charge in [-0.15, -0.1) is 0 Å². The van der Waals surface area contributed by atoms with E-state index in [0.29, 0.717) is 34.5 Å². The molecule has 1 rings (SSSR count). The number of hydrogen-bond acceptors (Lipinski definition) is 5. The first-order valence-corrected chi connectivity index (χ1v) is 7.14. The summed E-state index contributed by atoms with van der Waals surface area (Å²) >= 11 is 7.46. The minimum Gasteiger partial charge on any atom is -0.495 e. The Morgan fingerprint density at radius 1 is 1.37 bits per heavy atom. The van der Waals surface area contributed by atoms with Gasteiger partial charge >= 0.3 is 0 Å². The second-order valence-corrected chi connectivity index (χ2v) is 5.09. The van der Waals surface area contributed by atoms with Crippen molar-refractivity contribution in [2.75, 3.05) is 37.6 Å². The van der Waals surface area contributed by atoms with Crippen LogP contribution < -0.4 is 20.5 Å². The van der Waals surface area contributed by atoms with Crippen molar-refractivity contribution in [2.45, 2.75) is 0 Å². The summed E-state index contributed by atoms with van der Waals surface area (Å²) < 4.78 is 10.3. The van der Waals surface area contributed by atoms with Gasteiger partial charge in [0.2, 0.25) is 5.91 Å². The Bertz CT molecular complexity index is 443. The Kier molecular flexibility index (Phi) is 6.83. The van der Waals surface area contributed by atoms with Crippen LogP contribution in [0.25, 0.3) is 0 Å². The third-order valence-electron chi connectivity index (χ3n) is 2.24. The van der Waals surface area contributed by atoms with Crippen LogP contribution in [0, 0.1) is 0 Å². The molecule has 1 aromatic rings. The maximum Gasteiger partial charge on any atom is 0.234 e. The van der Waals surface area contributed by atoms with E-state index in [-0.39, 0.29) is 5.91 Å². The minimum absolute atomic E-state index is 0.124. The van der Waals surface area contributed by atoms with Crippen LogP contribution in [-0.4, -0.2) is 38.2 Å². The van der Waals surface area contributed by atoms with E-state index >= 15 is 0 Å². The number of rotatable bonds is 7. The average molecular weight is 305 g/mol. The number of thioether (sulfide) groups is 1. The number of anilines is 1. The monoisotopic (exact) mass is 304 g/mol. The fraction of sp³-hybridized carbons (Fsp3) is 0.417. The zero-order valence-electron chi connectivity index (χ0n) is 10.9. The molecule has 0 fully saturated rings. The summed E-state index contributed by atoms with van der Waals surface area (Å²) in [6, 6.07) is 3.23. The van der Waals surface area contributed by atoms with Gasteiger partial charge in [-0.1, -0.05) is 11.6 Å². The van der Waals surface area contributed by atoms with E-state index in [9.17, 15) is 4.79 Å². The number of amides is 1. The number of halogens is 1. The molecule has 0 spiro atoms. The topological polar surface area (TPSA) is 73.6 Å². The third kappa shape index (κ3) is 4.81. The number of nitrogens with two attached hydrogens (primary N) is 1. The summed E-state index contributed by atoms with van der Waals surface area (Å²) in [5.41, 5.74) is 5.89. The number of carbonyl (C=O) groups excluding carboxylic acids is 1. The number of methoxy groups -OCH3 is 2. The number of nitrogens with one attached hydrogen (secondary N) is 1. The smallest absolute Gasteiger partial charge is 0.234 e. The van der Waals surface area contributed by atoms with Crippen molar-refractivity contribution in [3.63, 3.8) is 0 Å². The highest BCUT2D eigenvalue weighted by Crippen LogP contribution is 2.35. The molecule has 19 heavy (non-hydrogen) atoms. The molecule has 0 saturated carbocycles. The van der Waals surface area contributed by atoms with Crippen molar-refractivity contribution in [1.82, 2.24) is 0 Å². The fourth-order valence-electron chi connectivity index (χ4n) is 1.39. The van der Waals surface area contributed by atoms with Crippen LogP contribution >= 0.6 is 23.4 Å². The fourth-order valence-corrected chi connectivity index (χ4v) is 2.19. The van der Waals surface area contributed by atoms with Gasteiger partial charge in [0.1, 0.15) is 11.5 Å². The van der Waals surface area contributed by atoms with Crippen molar-refractivity contribution in [2.24, 2.45) is 5.73 Å². The Labute approximate surface area is 121 Å². The van der Waals surface area contributed by atoms with Crippen molar-refractivity contribution in [3.05, 3.63) is 17.2 Å². The minimum atomic E-state index is -0.124. The molecule has 106 valence electrons. The average Bonchev–Trinajstić information content (AvgIpc) is 2.40. The molecular weight excluding hydrogens is 288 g/mol. The zero-order chi connectivity index (χ0) is 14.3. The van der Waals surface area contributed by atoms with Crippen LogP contribution in [0.2, 0.25) is 5.02 Å². The van der Waals surface area contributed by atoms with Crippen molar-refractivity contribution in [1.29, 1.82) is 0 Å². The van der Waals surface area contributed by atoms with Crippen LogP contribution in [0.4, 0.5) is 5.69 Å². The standard InChI is InChI=1S/C12H17ClN2O3S/c1-17-10-6-9(11(18-2)5-8(10)13)15-12(16)7-19-4-3-14/h5-6H,3-4,7,14H2,1-2H3,(H,15,16). The molecule has 5 nitrogen and oxygen atoms in total. The largest absolute Gasteiger partial charge is 0.495 e. The molecule has 0 radical (unpaired) electrons. The first-order valence-electron chi connectivity index (χ1n) is 5.61. The van der Waals surface area contributed by atoms with Gasteiger partial charge in [0.15, 0.2) is 0 Å². The van der Waals surface area contributed by atoms with Gasteiger partial charge in [0, 0.05) is 24.4 Å². The van der Waals surface area contributed by atoms with Crippen LogP contribution in [0.3, 0.4) is 0 Å². The lowest BCUT2D eigenvalue weighted by Crippen LogP contribution is -2.16. The van der Waals surface area contributed by atoms with Gasteiger partial charge in [-0.3, -0.25) is 4.79 Å². The Hall–Kier alpha value is -1.11. The molecule has 1 amide bonds. The van der Waals surface area contributed by atoms with E-state index in [1.807, 2.05) is 0 Å². The van der Waals surface area contributed by atoms with Crippen molar-refractivity contribution >= 4 is 35.0 Å². The third-order valence-corrected chi connectivity index (χ3v) is 3.53. The van der Waals surface area contributed by atoms with Crippen LogP contribution in [0.15, 0.2) is 12.1 Å². The molecule has 0 aromatic heterocycles. The van der Waals surface area contributed by atoms with Crippen LogP contribution in [-0.2, 0) is 4.79 Å². The van der Waals surface area contributed by atoms with Crippen molar-refractivity contribution in [3.8, 4) is 11.5 Å². The first-order chi connectivity index (χ1) is 9.12. The molecule has 7 heteroatoms. The molecular formula is C12H17ClN2O3S. The van der Waals surface area contributed by atoms with Gasteiger partial charge in [-0.2, -0.15) is 11.8 Å². The summed E-state index contributed by atoms with van der Waals surface area (Å²) in [6.07, 6.45) is 0. The van der Waals surface area contributed by atoms with E-state index in [1.165, 1.54) is 26.0 Å². The number of benzene rings is 1. The quantitative estimate of drug-likeness (QED) is 0.754. The summed E-state index contributed by atoms with van der Waals surface area (Å²) in [5, 5.41) is 3.18. The Morgan fingerprint density at radius 3 is 2.63 bits per heavy atom. The SMILES string of the molecule is COc1cc(NC(=O)CSCCN)c(OC)cc1Cl. The predicted octanol–water partition coefficient (Wildman–Crippen LogP) is 1.99. The van der Waals surface area contributed by atoms with Gasteiger partial charge in [-0.25, -0.2) is 0 Å². The number of carbonyl (C=O) groups is 1. The zero-order valence-corrected chi connectivity index (χ0v) is 12.4. The maximum atomic E-state index is 11.7. The molecule has 0 saturated heterocycles. The van der Waals surface area contributed by atoms with Crippen LogP contribution in [0.1, 0.15) is 0 Å². The molecule has 0 aliphatic heterocycles. The highest BCUT2D eigenvalue weighted by molar-refractivity contribution is 7.99. The first kappa shape index (κ1) is 15.9. The Morgan fingerprint density at radius 2 is 2.05 bits per heavy atom. The second-order valence-electron chi connectivity index (χ2n) is 3.58. The lowest BCUT2D eigenvalue weighted by molar-refractivity contribution is -0.113. The molecule has 0 bridgehead atoms. The van der Waals surface area contributed by atoms with Crippen molar-refractivity contribution < 1.29 is 14.3 Å². The van der Waals surface area contributed by atoms with E-state index in [2.05, 4.69) is 5.32 Å². The van der Waals surface area contributed by atoms with E-state index in [4.69, 9.17) is 26.8 Å². The molecule has 3 N–H and O–H groups in total. The highest BCUT2D eigenvalue weighted by Gasteiger charge is 2.12. The number of hydrogen-bond donors (Lipinski definition) is 2. The van der Waals surface area contributed by atoms with Gasteiger partial charge in [0.25, 0.3) is 0 Å². The Balaban J connectivity index is 2.78. The van der Waals surface area contributed by atoms with Gasteiger partial charge in [-0.05, 0) is 0 Å². The number of ether oxygens (including phenoxy) is 2. The molecule has 0 heterocycles. The van der Waals surface area contributed by atoms with E-state index in [0.717, 1.165) is 5.75 Å². The molecule has 0 unspecified atom stereocenters. The summed E-state index contributed by atoms with van der Waals surface area (Å²) in [5.74, 6) is 1.93. The van der Waals surface area contributed by atoms with Crippen LogP contribution in [0.5, 0.6) is 11.5 Å². The molecule has 0 aliphatic carbocycles. The van der Waals surface area contributed by atoms with Gasteiger partial charge in [0.05, 0.1) is 30.7 Å². The highest BCUT2D eigenvalue weighted by atomic mass is 35.5. The molecule has 1 aromatic carbocycles. The van der Waals surface area contributed by atoms with E-state index < -0.39 is 0 Å². The summed E-state index contributed by atoms with van der Waals surface area (Å²) in [4.78, 5) is 11.7. The second kappa shape index (κ2) is 8.14. The predicted molar refractivity (Wildman–Crippen MR) is 79.6 cm³/mol. The summed E-state index contributed by atoms with van der Waals surface area (Å²) in [7, 11) is 3.02. The molecule has 0 atom stereocenters. The summed E-state index contributed by atoms with van der Waals surface area (Å²) in [6.45, 7) is 0.552. The normalized spacial score (nSPS) is 10.1. The van der Waals surface area contributed by atoms with Gasteiger partial charge < -0.3 is 20.5 Å². The lowest BCUT2D eigenvalue weighted by atomic mass is 10.2.